The van der Waals surface area contributed by atoms with E-state index in [0.717, 1.165) is 42.4 Å². The first-order valence-corrected chi connectivity index (χ1v) is 9.71. The van der Waals surface area contributed by atoms with E-state index in [4.69, 9.17) is 9.40 Å². The molecule has 2 fully saturated rings. The van der Waals surface area contributed by atoms with Gasteiger partial charge in [0, 0.05) is 31.7 Å². The smallest absolute Gasteiger partial charge is 0.266 e. The van der Waals surface area contributed by atoms with E-state index in [1.807, 2.05) is 47.4 Å². The molecule has 0 bridgehead atoms. The highest BCUT2D eigenvalue weighted by molar-refractivity contribution is 7.17. The zero-order valence-corrected chi connectivity index (χ0v) is 15.0. The topological polar surface area (TPSA) is 58.4 Å². The van der Waals surface area contributed by atoms with E-state index >= 15 is 0 Å². The lowest BCUT2D eigenvalue weighted by molar-refractivity contribution is 0.0787. The highest BCUT2D eigenvalue weighted by atomic mass is 32.1. The molecule has 1 N–H and O–H groups in total. The van der Waals surface area contributed by atoms with Crippen LogP contribution < -0.4 is 5.32 Å². The molecule has 3 aromatic rings. The summed E-state index contributed by atoms with van der Waals surface area (Å²) in [6.45, 7) is 3.69. The Hall–Kier alpha value is -2.44. The van der Waals surface area contributed by atoms with E-state index in [-0.39, 0.29) is 5.91 Å². The molecule has 0 saturated carbocycles. The Morgan fingerprint density at radius 1 is 1.12 bits per heavy atom. The van der Waals surface area contributed by atoms with Crippen molar-refractivity contribution >= 4 is 17.2 Å². The first-order chi connectivity index (χ1) is 12.8. The number of likely N-dealkylation sites (tertiary alicyclic amines) is 1. The van der Waals surface area contributed by atoms with Gasteiger partial charge in [-0.3, -0.25) is 4.79 Å². The minimum absolute atomic E-state index is 0.0913. The summed E-state index contributed by atoms with van der Waals surface area (Å²) in [6.07, 6.45) is 1.63. The molecule has 2 saturated heterocycles. The molecule has 0 aliphatic carbocycles. The number of hydrogen-bond donors (Lipinski definition) is 1. The van der Waals surface area contributed by atoms with Gasteiger partial charge in [0.05, 0.1) is 12.0 Å². The van der Waals surface area contributed by atoms with Gasteiger partial charge in [0.1, 0.15) is 4.88 Å². The molecule has 26 heavy (non-hydrogen) atoms. The monoisotopic (exact) mass is 365 g/mol. The van der Waals surface area contributed by atoms with Crippen LogP contribution in [0, 0.1) is 11.8 Å². The number of nitrogens with one attached hydrogen (secondary N) is 1. The van der Waals surface area contributed by atoms with Crippen molar-refractivity contribution in [2.45, 2.75) is 0 Å². The average molecular weight is 365 g/mol. The van der Waals surface area contributed by atoms with E-state index in [1.54, 1.807) is 6.26 Å². The molecule has 2 aliphatic rings. The third kappa shape index (κ3) is 2.66. The minimum atomic E-state index is 0.0913. The van der Waals surface area contributed by atoms with Gasteiger partial charge in [0.2, 0.25) is 0 Å². The van der Waals surface area contributed by atoms with Crippen LogP contribution in [0.3, 0.4) is 0 Å². The number of nitrogens with zero attached hydrogens (tertiary/aromatic N) is 2. The molecule has 6 heteroatoms. The summed E-state index contributed by atoms with van der Waals surface area (Å²) in [7, 11) is 0. The van der Waals surface area contributed by atoms with E-state index in [1.165, 1.54) is 11.3 Å². The van der Waals surface area contributed by atoms with Gasteiger partial charge in [-0.25, -0.2) is 4.98 Å². The van der Waals surface area contributed by atoms with Crippen molar-refractivity contribution in [2.24, 2.45) is 11.8 Å². The lowest BCUT2D eigenvalue weighted by Gasteiger charge is -2.17. The maximum atomic E-state index is 13.3. The summed E-state index contributed by atoms with van der Waals surface area (Å²) in [5, 5.41) is 4.17. The highest BCUT2D eigenvalue weighted by Gasteiger charge is 2.39. The normalized spacial score (nSPS) is 21.9. The van der Waals surface area contributed by atoms with Gasteiger partial charge < -0.3 is 14.6 Å². The fraction of sp³-hybridized carbons (Fsp3) is 0.300. The number of benzene rings is 1. The van der Waals surface area contributed by atoms with Gasteiger partial charge in [0.15, 0.2) is 10.8 Å². The Morgan fingerprint density at radius 2 is 1.88 bits per heavy atom. The molecule has 5 nitrogen and oxygen atoms in total. The van der Waals surface area contributed by atoms with Crippen molar-refractivity contribution in [3.8, 4) is 22.0 Å². The van der Waals surface area contributed by atoms with Crippen molar-refractivity contribution in [3.05, 3.63) is 53.6 Å². The second-order valence-corrected chi connectivity index (χ2v) is 7.93. The van der Waals surface area contributed by atoms with E-state index < -0.39 is 0 Å². The molecule has 2 aliphatic heterocycles. The Morgan fingerprint density at radius 3 is 2.58 bits per heavy atom. The van der Waals surface area contributed by atoms with Gasteiger partial charge in [-0.15, -0.1) is 11.3 Å². The molecule has 0 radical (unpaired) electrons. The molecule has 132 valence electrons. The van der Waals surface area contributed by atoms with Crippen LogP contribution in [0.15, 0.2) is 53.1 Å². The summed E-state index contributed by atoms with van der Waals surface area (Å²) < 4.78 is 5.50. The molecule has 1 amide bonds. The van der Waals surface area contributed by atoms with Crippen molar-refractivity contribution < 1.29 is 9.21 Å². The lowest BCUT2D eigenvalue weighted by atomic mass is 10.0. The van der Waals surface area contributed by atoms with Crippen LogP contribution in [-0.2, 0) is 0 Å². The van der Waals surface area contributed by atoms with Crippen LogP contribution in [0.1, 0.15) is 9.67 Å². The number of carbonyl (C=O) groups excluding carboxylic acids is 1. The minimum Gasteiger partial charge on any atom is -0.462 e. The van der Waals surface area contributed by atoms with Crippen LogP contribution in [-0.4, -0.2) is 42.0 Å². The number of carbonyl (C=O) groups is 1. The van der Waals surface area contributed by atoms with Crippen LogP contribution in [0.2, 0.25) is 0 Å². The maximum Gasteiger partial charge on any atom is 0.266 e. The van der Waals surface area contributed by atoms with Gasteiger partial charge in [0.25, 0.3) is 5.91 Å². The summed E-state index contributed by atoms with van der Waals surface area (Å²) in [5.41, 5.74) is 1.72. The lowest BCUT2D eigenvalue weighted by Crippen LogP contribution is -2.31. The van der Waals surface area contributed by atoms with Crippen LogP contribution in [0.25, 0.3) is 22.0 Å². The molecule has 1 aromatic carbocycles. The third-order valence-corrected chi connectivity index (χ3v) is 6.34. The Kier molecular flexibility index (Phi) is 3.87. The fourth-order valence-corrected chi connectivity index (χ4v) is 4.95. The highest BCUT2D eigenvalue weighted by Crippen LogP contribution is 2.36. The quantitative estimate of drug-likeness (QED) is 0.773. The van der Waals surface area contributed by atoms with E-state index in [9.17, 15) is 4.79 Å². The number of fused-ring (bicyclic) bond motifs is 1. The number of rotatable bonds is 3. The van der Waals surface area contributed by atoms with Crippen LogP contribution in [0.5, 0.6) is 0 Å². The molecule has 0 spiro atoms. The third-order valence-electron chi connectivity index (χ3n) is 5.28. The van der Waals surface area contributed by atoms with Gasteiger partial charge in [-0.05, 0) is 24.0 Å². The van der Waals surface area contributed by atoms with E-state index in [2.05, 4.69) is 5.32 Å². The average Bonchev–Trinajstić information content (AvgIpc) is 3.44. The Bertz CT molecular complexity index is 908. The summed E-state index contributed by atoms with van der Waals surface area (Å²) in [4.78, 5) is 20.8. The van der Waals surface area contributed by atoms with Gasteiger partial charge in [-0.1, -0.05) is 30.3 Å². The zero-order valence-electron chi connectivity index (χ0n) is 14.2. The van der Waals surface area contributed by atoms with Crippen molar-refractivity contribution in [1.29, 1.82) is 0 Å². The van der Waals surface area contributed by atoms with Crippen molar-refractivity contribution in [3.63, 3.8) is 0 Å². The number of amides is 1. The summed E-state index contributed by atoms with van der Waals surface area (Å²) in [5.74, 6) is 1.95. The molecule has 2 atom stereocenters. The second-order valence-electron chi connectivity index (χ2n) is 6.93. The van der Waals surface area contributed by atoms with Gasteiger partial charge >= 0.3 is 0 Å². The largest absolute Gasteiger partial charge is 0.462 e. The maximum absolute atomic E-state index is 13.3. The van der Waals surface area contributed by atoms with Gasteiger partial charge in [-0.2, -0.15) is 0 Å². The SMILES string of the molecule is O=C(c1sc(-c2ccco2)nc1-c1ccccc1)N1C[C@H]2CNC[C@H]2C1. The Labute approximate surface area is 155 Å². The Balaban J connectivity index is 1.53. The fourth-order valence-electron chi connectivity index (χ4n) is 3.93. The standard InChI is InChI=1S/C20H19N3O2S/c24-20(23-11-14-9-21-10-15(14)12-23)18-17(13-5-2-1-3-6-13)22-19(26-18)16-7-4-8-25-16/h1-8,14-15,21H,9-12H2/t14-,15+. The molecule has 5 rings (SSSR count). The van der Waals surface area contributed by atoms with E-state index in [0.29, 0.717) is 22.5 Å². The van der Waals surface area contributed by atoms with Crippen LogP contribution >= 0.6 is 11.3 Å². The predicted octanol–water partition coefficient (Wildman–Crippen LogP) is 3.36. The van der Waals surface area contributed by atoms with Crippen molar-refractivity contribution in [1.82, 2.24) is 15.2 Å². The number of thiazole rings is 1. The molecular formula is C20H19N3O2S. The number of furan rings is 1. The number of aromatic nitrogens is 1. The van der Waals surface area contributed by atoms with Crippen molar-refractivity contribution in [2.75, 3.05) is 26.2 Å². The zero-order chi connectivity index (χ0) is 17.5. The summed E-state index contributed by atoms with van der Waals surface area (Å²) >= 11 is 1.42. The predicted molar refractivity (Wildman–Crippen MR) is 101 cm³/mol. The molecular weight excluding hydrogens is 346 g/mol. The molecule has 4 heterocycles. The first-order valence-electron chi connectivity index (χ1n) is 8.89. The molecule has 0 unspecified atom stereocenters. The second kappa shape index (κ2) is 6.37. The first kappa shape index (κ1) is 15.8. The molecule has 2 aromatic heterocycles. The summed E-state index contributed by atoms with van der Waals surface area (Å²) in [6, 6.07) is 13.6. The number of hydrogen-bond acceptors (Lipinski definition) is 5. The van der Waals surface area contributed by atoms with Crippen LogP contribution in [0.4, 0.5) is 0 Å².